The number of hydrogen-bond donors (Lipinski definition) is 1. The van der Waals surface area contributed by atoms with Crippen LogP contribution in [0.4, 0.5) is 10.1 Å². The summed E-state index contributed by atoms with van der Waals surface area (Å²) in [5, 5.41) is 10.1. The molecule has 1 atom stereocenters. The first-order chi connectivity index (χ1) is 9.63. The van der Waals surface area contributed by atoms with Crippen LogP contribution in [-0.4, -0.2) is 30.8 Å². The van der Waals surface area contributed by atoms with Crippen LogP contribution in [0.15, 0.2) is 18.2 Å². The molecule has 1 fully saturated rings. The normalized spacial score (nSPS) is 16.9. The molecule has 110 valence electrons. The van der Waals surface area contributed by atoms with Crippen molar-refractivity contribution >= 4 is 11.7 Å². The molecule has 1 unspecified atom stereocenters. The van der Waals surface area contributed by atoms with E-state index in [1.54, 1.807) is 13.0 Å². The molecule has 1 aromatic rings. The minimum Gasteiger partial charge on any atom is -0.464 e. The van der Waals surface area contributed by atoms with Crippen molar-refractivity contribution in [2.24, 2.45) is 0 Å². The Morgan fingerprint density at radius 2 is 2.10 bits per heavy atom. The first kappa shape index (κ1) is 14.8. The quantitative estimate of drug-likeness (QED) is 0.861. The molecule has 0 saturated carbocycles. The van der Waals surface area contributed by atoms with E-state index in [4.69, 9.17) is 4.74 Å². The minimum atomic E-state index is -1.44. The van der Waals surface area contributed by atoms with Gasteiger partial charge in [0.15, 0.2) is 6.10 Å². The Hall–Kier alpha value is -1.62. The van der Waals surface area contributed by atoms with Gasteiger partial charge in [-0.05, 0) is 44.4 Å². The molecule has 1 heterocycles. The standard InChI is InChI=1S/C15H20FNO3/c1-2-20-15(19)14(18)12-10-11(16)6-7-13(12)17-8-4-3-5-9-17/h6-7,10,14,18H,2-5,8-9H2,1H3. The Balaban J connectivity index is 2.29. The monoisotopic (exact) mass is 281 g/mol. The van der Waals surface area contributed by atoms with Gasteiger partial charge in [-0.25, -0.2) is 9.18 Å². The van der Waals surface area contributed by atoms with Crippen LogP contribution in [0.2, 0.25) is 0 Å². The van der Waals surface area contributed by atoms with Crippen molar-refractivity contribution in [3.63, 3.8) is 0 Å². The maximum Gasteiger partial charge on any atom is 0.339 e. The van der Waals surface area contributed by atoms with Crippen molar-refractivity contribution in [1.82, 2.24) is 0 Å². The number of hydrogen-bond acceptors (Lipinski definition) is 4. The number of halogens is 1. The average molecular weight is 281 g/mol. The number of benzene rings is 1. The van der Waals surface area contributed by atoms with Crippen LogP contribution in [0.25, 0.3) is 0 Å². The van der Waals surface area contributed by atoms with Gasteiger partial charge in [0.1, 0.15) is 5.82 Å². The summed E-state index contributed by atoms with van der Waals surface area (Å²) in [5.41, 5.74) is 0.997. The molecule has 0 bridgehead atoms. The summed E-state index contributed by atoms with van der Waals surface area (Å²) in [5.74, 6) is -1.21. The molecule has 1 N–H and O–H groups in total. The highest BCUT2D eigenvalue weighted by Gasteiger charge is 2.25. The third kappa shape index (κ3) is 3.28. The average Bonchev–Trinajstić information content (AvgIpc) is 2.47. The Morgan fingerprint density at radius 1 is 1.40 bits per heavy atom. The van der Waals surface area contributed by atoms with E-state index in [-0.39, 0.29) is 12.2 Å². The molecule has 0 radical (unpaired) electrons. The van der Waals surface area contributed by atoms with Crippen LogP contribution in [0, 0.1) is 5.82 Å². The summed E-state index contributed by atoms with van der Waals surface area (Å²) in [6, 6.07) is 4.19. The smallest absolute Gasteiger partial charge is 0.339 e. The lowest BCUT2D eigenvalue weighted by molar-refractivity contribution is -0.153. The van der Waals surface area contributed by atoms with Crippen molar-refractivity contribution in [2.75, 3.05) is 24.6 Å². The molecule has 5 heteroatoms. The van der Waals surface area contributed by atoms with Gasteiger partial charge in [0, 0.05) is 24.3 Å². The van der Waals surface area contributed by atoms with E-state index in [2.05, 4.69) is 4.90 Å². The Labute approximate surface area is 118 Å². The van der Waals surface area contributed by atoms with E-state index in [1.165, 1.54) is 18.6 Å². The molecular weight excluding hydrogens is 261 g/mol. The van der Waals surface area contributed by atoms with Crippen LogP contribution in [0.3, 0.4) is 0 Å². The van der Waals surface area contributed by atoms with Gasteiger partial charge in [0.25, 0.3) is 0 Å². The highest BCUT2D eigenvalue weighted by molar-refractivity contribution is 5.79. The number of ether oxygens (including phenoxy) is 1. The lowest BCUT2D eigenvalue weighted by atomic mass is 10.0. The summed E-state index contributed by atoms with van der Waals surface area (Å²) in [7, 11) is 0. The molecule has 1 aliphatic heterocycles. The topological polar surface area (TPSA) is 49.8 Å². The van der Waals surface area contributed by atoms with E-state index in [0.717, 1.165) is 25.9 Å². The van der Waals surface area contributed by atoms with Crippen molar-refractivity contribution in [1.29, 1.82) is 0 Å². The molecular formula is C15H20FNO3. The molecule has 1 aromatic carbocycles. The Kier molecular flexibility index (Phi) is 4.95. The molecule has 1 aliphatic rings. The van der Waals surface area contributed by atoms with Gasteiger partial charge in [-0.2, -0.15) is 0 Å². The third-order valence-corrected chi connectivity index (χ3v) is 3.49. The van der Waals surface area contributed by atoms with Crippen molar-refractivity contribution < 1.29 is 19.0 Å². The van der Waals surface area contributed by atoms with Gasteiger partial charge in [-0.1, -0.05) is 0 Å². The molecule has 1 saturated heterocycles. The van der Waals surface area contributed by atoms with Crippen LogP contribution in [-0.2, 0) is 9.53 Å². The van der Waals surface area contributed by atoms with Gasteiger partial charge < -0.3 is 14.7 Å². The summed E-state index contributed by atoms with van der Waals surface area (Å²) < 4.78 is 18.3. The largest absolute Gasteiger partial charge is 0.464 e. The summed E-state index contributed by atoms with van der Waals surface area (Å²) in [6.45, 7) is 3.56. The number of anilines is 1. The lowest BCUT2D eigenvalue weighted by Crippen LogP contribution is -2.31. The molecule has 4 nitrogen and oxygen atoms in total. The fourth-order valence-electron chi connectivity index (χ4n) is 2.52. The summed E-state index contributed by atoms with van der Waals surface area (Å²) >= 11 is 0. The first-order valence-corrected chi connectivity index (χ1v) is 7.02. The van der Waals surface area contributed by atoms with Crippen molar-refractivity contribution in [3.8, 4) is 0 Å². The zero-order valence-corrected chi connectivity index (χ0v) is 11.6. The second kappa shape index (κ2) is 6.70. The number of piperidine rings is 1. The van der Waals surface area contributed by atoms with Crippen LogP contribution in [0.5, 0.6) is 0 Å². The fraction of sp³-hybridized carbons (Fsp3) is 0.533. The van der Waals surface area contributed by atoms with Crippen molar-refractivity contribution in [3.05, 3.63) is 29.6 Å². The van der Waals surface area contributed by atoms with Crippen LogP contribution in [0.1, 0.15) is 37.9 Å². The Bertz CT molecular complexity index is 472. The van der Waals surface area contributed by atoms with Gasteiger partial charge in [-0.15, -0.1) is 0 Å². The first-order valence-electron chi connectivity index (χ1n) is 7.02. The molecule has 2 rings (SSSR count). The zero-order valence-electron chi connectivity index (χ0n) is 11.6. The highest BCUT2D eigenvalue weighted by atomic mass is 19.1. The maximum absolute atomic E-state index is 13.4. The zero-order chi connectivity index (χ0) is 14.5. The number of aliphatic hydroxyl groups is 1. The van der Waals surface area contributed by atoms with Gasteiger partial charge >= 0.3 is 5.97 Å². The lowest BCUT2D eigenvalue weighted by Gasteiger charge is -2.31. The third-order valence-electron chi connectivity index (χ3n) is 3.49. The second-order valence-electron chi connectivity index (χ2n) is 4.91. The van der Waals surface area contributed by atoms with Gasteiger partial charge in [0.2, 0.25) is 0 Å². The van der Waals surface area contributed by atoms with E-state index < -0.39 is 17.9 Å². The van der Waals surface area contributed by atoms with E-state index in [9.17, 15) is 14.3 Å². The maximum atomic E-state index is 13.4. The van der Waals surface area contributed by atoms with E-state index in [0.29, 0.717) is 5.69 Å². The van der Waals surface area contributed by atoms with E-state index in [1.807, 2.05) is 0 Å². The number of aliphatic hydroxyl groups excluding tert-OH is 1. The predicted molar refractivity (Wildman–Crippen MR) is 74.1 cm³/mol. The second-order valence-corrected chi connectivity index (χ2v) is 4.91. The molecule has 0 aromatic heterocycles. The fourth-order valence-corrected chi connectivity index (χ4v) is 2.52. The number of rotatable bonds is 4. The highest BCUT2D eigenvalue weighted by Crippen LogP contribution is 2.30. The molecule has 0 aliphatic carbocycles. The summed E-state index contributed by atoms with van der Waals surface area (Å²) in [4.78, 5) is 13.8. The van der Waals surface area contributed by atoms with E-state index >= 15 is 0 Å². The number of carbonyl (C=O) groups excluding carboxylic acids is 1. The molecule has 0 spiro atoms. The van der Waals surface area contributed by atoms with Gasteiger partial charge in [0.05, 0.1) is 6.61 Å². The number of nitrogens with zero attached hydrogens (tertiary/aromatic N) is 1. The minimum absolute atomic E-state index is 0.185. The van der Waals surface area contributed by atoms with Crippen LogP contribution < -0.4 is 4.90 Å². The number of esters is 1. The predicted octanol–water partition coefficient (Wildman–Crippen LogP) is 2.41. The SMILES string of the molecule is CCOC(=O)C(O)c1cc(F)ccc1N1CCCCC1. The van der Waals surface area contributed by atoms with Gasteiger partial charge in [-0.3, -0.25) is 0 Å². The molecule has 20 heavy (non-hydrogen) atoms. The van der Waals surface area contributed by atoms with Crippen LogP contribution >= 0.6 is 0 Å². The van der Waals surface area contributed by atoms with Crippen molar-refractivity contribution in [2.45, 2.75) is 32.3 Å². The number of carbonyl (C=O) groups is 1. The molecule has 0 amide bonds. The summed E-state index contributed by atoms with van der Waals surface area (Å²) in [6.07, 6.45) is 1.86. The Morgan fingerprint density at radius 3 is 2.75 bits per heavy atom.